The molecule has 0 fully saturated rings. The lowest BCUT2D eigenvalue weighted by atomic mass is 10.1. The number of rotatable bonds is 6. The van der Waals surface area contributed by atoms with Gasteiger partial charge in [0, 0.05) is 32.3 Å². The van der Waals surface area contributed by atoms with Gasteiger partial charge < -0.3 is 14.6 Å². The molecule has 4 heteroatoms. The van der Waals surface area contributed by atoms with E-state index in [9.17, 15) is 0 Å². The standard InChI is InChI=1S/C16H21N3O/c1-2-7-19-12-18-10-14(19)9-17-11-15-8-13-5-3-4-6-16(13)20-15/h3-6,10,12,15,17H,2,7-9,11H2,1H3. The molecule has 3 rings (SSSR count). The molecule has 20 heavy (non-hydrogen) atoms. The first-order valence-electron chi connectivity index (χ1n) is 7.31. The van der Waals surface area contributed by atoms with Gasteiger partial charge in [0.15, 0.2) is 0 Å². The van der Waals surface area contributed by atoms with Crippen molar-refractivity contribution in [2.75, 3.05) is 6.54 Å². The number of nitrogens with one attached hydrogen (secondary N) is 1. The average molecular weight is 271 g/mol. The second-order valence-electron chi connectivity index (χ2n) is 5.26. The minimum atomic E-state index is 0.245. The highest BCUT2D eigenvalue weighted by atomic mass is 16.5. The first-order chi connectivity index (χ1) is 9.86. The summed E-state index contributed by atoms with van der Waals surface area (Å²) in [6, 6.07) is 8.29. The highest BCUT2D eigenvalue weighted by molar-refractivity contribution is 5.37. The summed E-state index contributed by atoms with van der Waals surface area (Å²) < 4.78 is 8.12. The number of imidazole rings is 1. The smallest absolute Gasteiger partial charge is 0.123 e. The summed E-state index contributed by atoms with van der Waals surface area (Å²) in [7, 11) is 0. The zero-order valence-corrected chi connectivity index (χ0v) is 11.9. The average Bonchev–Trinajstić information content (AvgIpc) is 3.06. The molecular formula is C16H21N3O. The van der Waals surface area contributed by atoms with E-state index in [1.165, 1.54) is 11.3 Å². The van der Waals surface area contributed by atoms with Gasteiger partial charge in [0.05, 0.1) is 12.0 Å². The van der Waals surface area contributed by atoms with Gasteiger partial charge in [0.25, 0.3) is 0 Å². The van der Waals surface area contributed by atoms with E-state index in [2.05, 4.69) is 33.9 Å². The molecule has 1 N–H and O–H groups in total. The molecule has 0 spiro atoms. The van der Waals surface area contributed by atoms with E-state index in [-0.39, 0.29) is 6.10 Å². The minimum absolute atomic E-state index is 0.245. The second kappa shape index (κ2) is 6.09. The van der Waals surface area contributed by atoms with Gasteiger partial charge in [0.1, 0.15) is 11.9 Å². The van der Waals surface area contributed by atoms with E-state index in [4.69, 9.17) is 4.74 Å². The largest absolute Gasteiger partial charge is 0.488 e. The molecular weight excluding hydrogens is 250 g/mol. The molecule has 1 aliphatic rings. The molecule has 0 aliphatic carbocycles. The molecule has 1 unspecified atom stereocenters. The summed E-state index contributed by atoms with van der Waals surface area (Å²) in [6.07, 6.45) is 6.21. The van der Waals surface area contributed by atoms with Crippen LogP contribution in [0.15, 0.2) is 36.8 Å². The fourth-order valence-electron chi connectivity index (χ4n) is 2.67. The predicted molar refractivity (Wildman–Crippen MR) is 78.8 cm³/mol. The zero-order valence-electron chi connectivity index (χ0n) is 11.9. The number of para-hydroxylation sites is 1. The number of hydrogen-bond acceptors (Lipinski definition) is 3. The second-order valence-corrected chi connectivity index (χ2v) is 5.26. The van der Waals surface area contributed by atoms with Crippen LogP contribution in [0, 0.1) is 0 Å². The summed E-state index contributed by atoms with van der Waals surface area (Å²) in [6.45, 7) is 4.92. The summed E-state index contributed by atoms with van der Waals surface area (Å²) in [5, 5.41) is 3.48. The highest BCUT2D eigenvalue weighted by Crippen LogP contribution is 2.27. The van der Waals surface area contributed by atoms with Gasteiger partial charge in [-0.3, -0.25) is 0 Å². The monoisotopic (exact) mass is 271 g/mol. The van der Waals surface area contributed by atoms with Crippen LogP contribution in [-0.4, -0.2) is 22.2 Å². The lowest BCUT2D eigenvalue weighted by Gasteiger charge is -2.12. The van der Waals surface area contributed by atoms with Crippen LogP contribution in [0.5, 0.6) is 5.75 Å². The Morgan fingerprint density at radius 3 is 3.15 bits per heavy atom. The first-order valence-corrected chi connectivity index (χ1v) is 7.31. The van der Waals surface area contributed by atoms with Crippen molar-refractivity contribution in [2.24, 2.45) is 0 Å². The Bertz CT molecular complexity index is 539. The van der Waals surface area contributed by atoms with Crippen LogP contribution in [-0.2, 0) is 19.5 Å². The molecule has 2 heterocycles. The first kappa shape index (κ1) is 13.2. The number of aryl methyl sites for hydroxylation is 1. The number of hydrogen-bond donors (Lipinski definition) is 1. The van der Waals surface area contributed by atoms with Crippen LogP contribution in [0.25, 0.3) is 0 Å². The quantitative estimate of drug-likeness (QED) is 0.877. The molecule has 0 bridgehead atoms. The maximum atomic E-state index is 5.92. The fourth-order valence-corrected chi connectivity index (χ4v) is 2.67. The Morgan fingerprint density at radius 1 is 1.40 bits per heavy atom. The number of benzene rings is 1. The van der Waals surface area contributed by atoms with E-state index in [0.717, 1.165) is 38.2 Å². The maximum absolute atomic E-state index is 5.92. The van der Waals surface area contributed by atoms with E-state index < -0.39 is 0 Å². The van der Waals surface area contributed by atoms with Gasteiger partial charge in [-0.05, 0) is 18.1 Å². The minimum Gasteiger partial charge on any atom is -0.488 e. The summed E-state index contributed by atoms with van der Waals surface area (Å²) in [5.41, 5.74) is 2.55. The number of fused-ring (bicyclic) bond motifs is 1. The van der Waals surface area contributed by atoms with Crippen LogP contribution in [0.2, 0.25) is 0 Å². The molecule has 0 saturated heterocycles. The third kappa shape index (κ3) is 2.85. The molecule has 106 valence electrons. The van der Waals surface area contributed by atoms with Crippen molar-refractivity contribution in [2.45, 2.75) is 39.0 Å². The predicted octanol–water partition coefficient (Wildman–Crippen LogP) is 2.39. The molecule has 1 atom stereocenters. The van der Waals surface area contributed by atoms with E-state index in [0.29, 0.717) is 0 Å². The molecule has 4 nitrogen and oxygen atoms in total. The van der Waals surface area contributed by atoms with Crippen LogP contribution in [0.1, 0.15) is 24.6 Å². The third-order valence-corrected chi connectivity index (χ3v) is 3.65. The normalized spacial score (nSPS) is 16.9. The highest BCUT2D eigenvalue weighted by Gasteiger charge is 2.21. The van der Waals surface area contributed by atoms with Crippen molar-refractivity contribution >= 4 is 0 Å². The van der Waals surface area contributed by atoms with Gasteiger partial charge in [-0.15, -0.1) is 0 Å². The molecule has 1 aromatic heterocycles. The molecule has 0 saturated carbocycles. The Hall–Kier alpha value is -1.81. The number of nitrogens with zero attached hydrogens (tertiary/aromatic N) is 2. The Balaban J connectivity index is 1.48. The lowest BCUT2D eigenvalue weighted by Crippen LogP contribution is -2.30. The van der Waals surface area contributed by atoms with Crippen molar-refractivity contribution in [1.82, 2.24) is 14.9 Å². The summed E-state index contributed by atoms with van der Waals surface area (Å²) in [5.74, 6) is 1.04. The van der Waals surface area contributed by atoms with Crippen molar-refractivity contribution in [1.29, 1.82) is 0 Å². The van der Waals surface area contributed by atoms with Crippen molar-refractivity contribution < 1.29 is 4.74 Å². The summed E-state index contributed by atoms with van der Waals surface area (Å²) in [4.78, 5) is 4.22. The maximum Gasteiger partial charge on any atom is 0.123 e. The van der Waals surface area contributed by atoms with Gasteiger partial charge in [0.2, 0.25) is 0 Å². The third-order valence-electron chi connectivity index (χ3n) is 3.65. The lowest BCUT2D eigenvalue weighted by molar-refractivity contribution is 0.227. The molecule has 0 radical (unpaired) electrons. The van der Waals surface area contributed by atoms with Gasteiger partial charge in [-0.25, -0.2) is 4.98 Å². The zero-order chi connectivity index (χ0) is 13.8. The number of aromatic nitrogens is 2. The van der Waals surface area contributed by atoms with Crippen molar-refractivity contribution in [3.05, 3.63) is 48.0 Å². The van der Waals surface area contributed by atoms with Gasteiger partial charge >= 0.3 is 0 Å². The Morgan fingerprint density at radius 2 is 2.30 bits per heavy atom. The molecule has 0 amide bonds. The van der Waals surface area contributed by atoms with Gasteiger partial charge in [-0.2, -0.15) is 0 Å². The van der Waals surface area contributed by atoms with Crippen LogP contribution in [0.4, 0.5) is 0 Å². The Labute approximate surface area is 119 Å². The fraction of sp³-hybridized carbons (Fsp3) is 0.438. The van der Waals surface area contributed by atoms with Crippen molar-refractivity contribution in [3.63, 3.8) is 0 Å². The van der Waals surface area contributed by atoms with E-state index >= 15 is 0 Å². The molecule has 2 aromatic rings. The SMILES string of the molecule is CCCn1cncc1CNCC1Cc2ccccc2O1. The molecule has 1 aliphatic heterocycles. The van der Waals surface area contributed by atoms with Crippen LogP contribution < -0.4 is 10.1 Å². The molecule has 1 aromatic carbocycles. The van der Waals surface area contributed by atoms with Crippen LogP contribution >= 0.6 is 0 Å². The van der Waals surface area contributed by atoms with Crippen LogP contribution in [0.3, 0.4) is 0 Å². The topological polar surface area (TPSA) is 39.1 Å². The number of ether oxygens (including phenoxy) is 1. The Kier molecular flexibility index (Phi) is 4.02. The van der Waals surface area contributed by atoms with Gasteiger partial charge in [-0.1, -0.05) is 25.1 Å². The van der Waals surface area contributed by atoms with Crippen molar-refractivity contribution in [3.8, 4) is 5.75 Å². The summed E-state index contributed by atoms with van der Waals surface area (Å²) >= 11 is 0. The van der Waals surface area contributed by atoms with E-state index in [1.807, 2.05) is 24.7 Å². The van der Waals surface area contributed by atoms with E-state index in [1.54, 1.807) is 0 Å².